The number of carboxylic acid groups (broad SMARTS) is 2. The number of hydrogen-bond acceptors (Lipinski definition) is 21. The molecule has 290 valence electrons. The molecule has 3 heterocycles. The highest BCUT2D eigenvalue weighted by Crippen LogP contribution is 2.33. The third-order valence-electron chi connectivity index (χ3n) is 8.25. The number of aliphatic hydroxyl groups excluding tert-OH is 11. The predicted molar refractivity (Wildman–Crippen MR) is 151 cm³/mol. The summed E-state index contributed by atoms with van der Waals surface area (Å²) in [6.45, 7) is -1.95. The van der Waals surface area contributed by atoms with Crippen molar-refractivity contribution in [3.05, 3.63) is 0 Å². The molecule has 24 nitrogen and oxygen atoms in total. The number of hydrogen-bond donors (Lipinski definition) is 15. The number of ether oxygens (including phenoxy) is 6. The third-order valence-corrected chi connectivity index (χ3v) is 8.25. The monoisotopic (exact) mass is 736 g/mol. The van der Waals surface area contributed by atoms with Crippen molar-refractivity contribution >= 4 is 17.8 Å². The van der Waals surface area contributed by atoms with Crippen LogP contribution in [0.4, 0.5) is 0 Å². The number of rotatable bonds is 15. The van der Waals surface area contributed by atoms with Crippen LogP contribution in [0.25, 0.3) is 0 Å². The van der Waals surface area contributed by atoms with Gasteiger partial charge in [0.25, 0.3) is 0 Å². The normalized spacial score (nSPS) is 41.8. The van der Waals surface area contributed by atoms with Gasteiger partial charge >= 0.3 is 11.9 Å². The lowest BCUT2D eigenvalue weighted by Crippen LogP contribution is -2.70. The first-order chi connectivity index (χ1) is 23.4. The highest BCUT2D eigenvalue weighted by Gasteiger charge is 2.56. The molecule has 0 bridgehead atoms. The molecule has 0 radical (unpaired) electrons. The summed E-state index contributed by atoms with van der Waals surface area (Å²) in [5.41, 5.74) is 5.72. The van der Waals surface area contributed by atoms with Gasteiger partial charge < -0.3 is 106 Å². The van der Waals surface area contributed by atoms with Crippen molar-refractivity contribution in [1.82, 2.24) is 5.32 Å². The van der Waals surface area contributed by atoms with Gasteiger partial charge in [0.05, 0.1) is 25.9 Å². The van der Waals surface area contributed by atoms with E-state index in [0.717, 1.165) is 6.92 Å². The molecule has 0 unspecified atom stereocenters. The van der Waals surface area contributed by atoms with Crippen LogP contribution >= 0.6 is 0 Å². The van der Waals surface area contributed by atoms with Gasteiger partial charge in [0.15, 0.2) is 31.1 Å². The van der Waals surface area contributed by atoms with Crippen molar-refractivity contribution in [2.24, 2.45) is 5.73 Å². The molecule has 24 heteroatoms. The maximum absolute atomic E-state index is 12.3. The van der Waals surface area contributed by atoms with Gasteiger partial charge in [0.2, 0.25) is 5.91 Å². The molecule has 0 aromatic carbocycles. The second kappa shape index (κ2) is 17.9. The van der Waals surface area contributed by atoms with Gasteiger partial charge in [-0.3, -0.25) is 4.79 Å². The van der Waals surface area contributed by atoms with E-state index in [2.05, 4.69) is 5.32 Å². The average Bonchev–Trinajstić information content (AvgIpc) is 3.07. The second-order valence-electron chi connectivity index (χ2n) is 11.8. The van der Waals surface area contributed by atoms with E-state index in [1.54, 1.807) is 0 Å². The summed E-state index contributed by atoms with van der Waals surface area (Å²) in [6.07, 6.45) is -35.2. The van der Waals surface area contributed by atoms with E-state index in [0.29, 0.717) is 0 Å². The molecule has 0 aromatic heterocycles. The Morgan fingerprint density at radius 2 is 1.28 bits per heavy atom. The van der Waals surface area contributed by atoms with E-state index in [9.17, 15) is 80.8 Å². The summed E-state index contributed by atoms with van der Waals surface area (Å²) in [5, 5.41) is 134. The van der Waals surface area contributed by atoms with Gasteiger partial charge in [-0.15, -0.1) is 0 Å². The fourth-order valence-corrected chi connectivity index (χ4v) is 5.53. The van der Waals surface area contributed by atoms with Gasteiger partial charge in [-0.25, -0.2) is 9.59 Å². The SMILES string of the molecule is CC(=O)N[C@H]1[C@H](O[C@H]2[C@H](O)[C@@H](O)[C@H](O[C@@H]([C@H](O)[C@H](O)CO)[C@@H](N)CO)O[C@@H]2C(=O)O)O[C@H](CO)[C@H](O)[C@@H]1O[C@@H]1O[C@H](C(=O)O)[C@H](O)[C@H](O)[C@H]1O. The topological polar surface area (TPSA) is 408 Å². The Kier molecular flexibility index (Phi) is 15.1. The third kappa shape index (κ3) is 9.18. The smallest absolute Gasteiger partial charge is 0.335 e. The van der Waals surface area contributed by atoms with Crippen LogP contribution in [0.2, 0.25) is 0 Å². The molecule has 0 aromatic rings. The van der Waals surface area contributed by atoms with E-state index < -0.39 is 154 Å². The molecule has 3 saturated heterocycles. The quantitative estimate of drug-likeness (QED) is 0.0742. The van der Waals surface area contributed by atoms with Crippen molar-refractivity contribution in [2.75, 3.05) is 19.8 Å². The molecule has 19 atom stereocenters. The minimum Gasteiger partial charge on any atom is -0.479 e. The van der Waals surface area contributed by atoms with Crippen LogP contribution in [-0.2, 0) is 42.8 Å². The number of carbonyl (C=O) groups excluding carboxylic acids is 1. The summed E-state index contributed by atoms with van der Waals surface area (Å²) in [4.78, 5) is 36.1. The van der Waals surface area contributed by atoms with Crippen molar-refractivity contribution < 1.29 is 109 Å². The minimum absolute atomic E-state index is 0.877. The molecule has 3 fully saturated rings. The van der Waals surface area contributed by atoms with Crippen LogP contribution in [-0.4, -0.2) is 220 Å². The van der Waals surface area contributed by atoms with Gasteiger partial charge in [-0.2, -0.15) is 0 Å². The summed E-state index contributed by atoms with van der Waals surface area (Å²) in [6, 6.07) is -3.30. The molecule has 0 aliphatic carbocycles. The summed E-state index contributed by atoms with van der Waals surface area (Å²) >= 11 is 0. The van der Waals surface area contributed by atoms with Gasteiger partial charge in [-0.05, 0) is 0 Å². The Balaban J connectivity index is 1.93. The lowest BCUT2D eigenvalue weighted by Gasteiger charge is -2.49. The Bertz CT molecular complexity index is 1140. The minimum atomic E-state index is -2.29. The molecule has 50 heavy (non-hydrogen) atoms. The standard InChI is InChI=1S/C26H44N2O22/c1-5(32)28-9-18(47-25-15(39)12(36)13(37)20(49-25)22(41)42)11(35)8(4-31)45-24(9)48-19-14(38)16(40)26(50-21(19)23(43)44)46-17(6(27)2-29)10(34)7(33)3-30/h6-21,24-26,29-31,33-40H,2-4,27H2,1H3,(H,28,32)(H,41,42)(H,43,44)/t6-,7+,8+,9+,10+,11-,12-,13+,14+,15+,16+,17+,18+,19-,20-,21-,24-,25+,26+/m0/s1. The van der Waals surface area contributed by atoms with Crippen molar-refractivity contribution in [2.45, 2.75) is 123 Å². The first-order valence-electron chi connectivity index (χ1n) is 15.1. The Labute approximate surface area is 281 Å². The zero-order valence-corrected chi connectivity index (χ0v) is 26.2. The average molecular weight is 737 g/mol. The maximum atomic E-state index is 12.3. The van der Waals surface area contributed by atoms with Gasteiger partial charge in [0.1, 0.15) is 79.3 Å². The maximum Gasteiger partial charge on any atom is 0.335 e. The highest BCUT2D eigenvalue weighted by molar-refractivity contribution is 5.74. The van der Waals surface area contributed by atoms with E-state index >= 15 is 0 Å². The van der Waals surface area contributed by atoms with Crippen LogP contribution in [0.1, 0.15) is 6.92 Å². The zero-order valence-electron chi connectivity index (χ0n) is 26.2. The van der Waals surface area contributed by atoms with E-state index in [4.69, 9.17) is 34.2 Å². The number of carbonyl (C=O) groups is 3. The fraction of sp³-hybridized carbons (Fsp3) is 0.885. The van der Waals surface area contributed by atoms with Crippen molar-refractivity contribution in [3.8, 4) is 0 Å². The summed E-state index contributed by atoms with van der Waals surface area (Å²) < 4.78 is 32.5. The van der Waals surface area contributed by atoms with Gasteiger partial charge in [-0.1, -0.05) is 0 Å². The summed E-state index contributed by atoms with van der Waals surface area (Å²) in [5.74, 6) is -4.52. The zero-order chi connectivity index (χ0) is 37.8. The number of nitrogens with one attached hydrogen (secondary N) is 1. The number of amides is 1. The molecule has 3 aliphatic heterocycles. The number of aliphatic hydroxyl groups is 11. The molecule has 16 N–H and O–H groups in total. The number of aliphatic carboxylic acids is 2. The Hall–Kier alpha value is -2.31. The predicted octanol–water partition coefficient (Wildman–Crippen LogP) is -9.82. The van der Waals surface area contributed by atoms with Crippen LogP contribution < -0.4 is 11.1 Å². The fourth-order valence-electron chi connectivity index (χ4n) is 5.53. The Morgan fingerprint density at radius 3 is 1.80 bits per heavy atom. The Morgan fingerprint density at radius 1 is 0.720 bits per heavy atom. The van der Waals surface area contributed by atoms with Gasteiger partial charge in [0, 0.05) is 6.92 Å². The molecule has 0 saturated carbocycles. The number of nitrogens with two attached hydrogens (primary N) is 1. The molecule has 0 spiro atoms. The molecular weight excluding hydrogens is 692 g/mol. The van der Waals surface area contributed by atoms with Crippen molar-refractivity contribution in [1.29, 1.82) is 0 Å². The number of carboxylic acids is 2. The second-order valence-corrected chi connectivity index (χ2v) is 11.8. The van der Waals surface area contributed by atoms with Crippen LogP contribution in [0.3, 0.4) is 0 Å². The van der Waals surface area contributed by atoms with E-state index in [1.165, 1.54) is 0 Å². The van der Waals surface area contributed by atoms with E-state index in [1.807, 2.05) is 0 Å². The van der Waals surface area contributed by atoms with E-state index in [-0.39, 0.29) is 0 Å². The first kappa shape index (κ1) is 42.1. The molecule has 3 aliphatic rings. The largest absolute Gasteiger partial charge is 0.479 e. The van der Waals surface area contributed by atoms with Crippen LogP contribution in [0.15, 0.2) is 0 Å². The molecule has 1 amide bonds. The van der Waals surface area contributed by atoms with Crippen molar-refractivity contribution in [3.63, 3.8) is 0 Å². The highest BCUT2D eigenvalue weighted by atomic mass is 16.8. The van der Waals surface area contributed by atoms with Crippen LogP contribution in [0.5, 0.6) is 0 Å². The lowest BCUT2D eigenvalue weighted by molar-refractivity contribution is -0.364. The molecular formula is C26H44N2O22. The molecule has 3 rings (SSSR count). The first-order valence-corrected chi connectivity index (χ1v) is 15.1. The summed E-state index contributed by atoms with van der Waals surface area (Å²) in [7, 11) is 0. The lowest BCUT2D eigenvalue weighted by atomic mass is 9.94. The van der Waals surface area contributed by atoms with Crippen LogP contribution in [0, 0.1) is 0 Å².